The highest BCUT2D eigenvalue weighted by atomic mass is 32.2. The van der Waals surface area contributed by atoms with Gasteiger partial charge in [0.05, 0.1) is 4.90 Å². The Morgan fingerprint density at radius 3 is 2.56 bits per heavy atom. The summed E-state index contributed by atoms with van der Waals surface area (Å²) in [5, 5.41) is 11.2. The molecular weight excluding hydrogens is 361 g/mol. The van der Waals surface area contributed by atoms with Crippen molar-refractivity contribution in [2.24, 2.45) is 0 Å². The quantitative estimate of drug-likeness (QED) is 0.778. The van der Waals surface area contributed by atoms with Crippen LogP contribution >= 0.6 is 0 Å². The van der Waals surface area contributed by atoms with Crippen molar-refractivity contribution in [1.29, 1.82) is 0 Å². The van der Waals surface area contributed by atoms with Gasteiger partial charge in [0, 0.05) is 13.1 Å². The summed E-state index contributed by atoms with van der Waals surface area (Å²) in [6.45, 7) is -0.226. The van der Waals surface area contributed by atoms with Gasteiger partial charge in [0.1, 0.15) is 6.04 Å². The van der Waals surface area contributed by atoms with Crippen LogP contribution in [0.3, 0.4) is 0 Å². The largest absolute Gasteiger partial charge is 0.414 e. The number of carbonyl (C=O) groups is 1. The van der Waals surface area contributed by atoms with Crippen LogP contribution in [0.1, 0.15) is 19.3 Å². The van der Waals surface area contributed by atoms with E-state index in [2.05, 4.69) is 5.32 Å². The molecule has 0 aliphatic carbocycles. The molecule has 1 aromatic rings. The van der Waals surface area contributed by atoms with Gasteiger partial charge in [-0.05, 0) is 31.4 Å². The van der Waals surface area contributed by atoms with E-state index in [9.17, 15) is 26.4 Å². The number of nitrogens with zero attached hydrogens (tertiary/aromatic N) is 1. The van der Waals surface area contributed by atoms with Crippen LogP contribution in [-0.2, 0) is 14.8 Å². The number of rotatable bonds is 6. The monoisotopic (exact) mass is 380 g/mol. The number of sulfonamides is 1. The Balaban J connectivity index is 2.00. The highest BCUT2D eigenvalue weighted by Crippen LogP contribution is 2.26. The SMILES string of the molecule is O=C(NCC[C@@H](O)C(F)(F)F)[C@H]1CCCN1S(=O)(=O)c1ccccc1. The molecule has 0 unspecified atom stereocenters. The second kappa shape index (κ2) is 7.71. The van der Waals surface area contributed by atoms with Crippen molar-refractivity contribution in [2.45, 2.75) is 42.5 Å². The van der Waals surface area contributed by atoms with E-state index >= 15 is 0 Å². The fourth-order valence-electron chi connectivity index (χ4n) is 2.63. The molecule has 2 atom stereocenters. The van der Waals surface area contributed by atoms with Crippen molar-refractivity contribution >= 4 is 15.9 Å². The zero-order chi connectivity index (χ0) is 18.7. The maximum absolute atomic E-state index is 12.6. The standard InChI is InChI=1S/C15H19F3N2O4S/c16-15(17,18)13(21)8-9-19-14(22)12-7-4-10-20(12)25(23,24)11-5-2-1-3-6-11/h1-3,5-6,12-13,21H,4,7-10H2,(H,19,22)/t12-,13-/m1/s1. The lowest BCUT2D eigenvalue weighted by atomic mass is 10.2. The van der Waals surface area contributed by atoms with E-state index in [1.54, 1.807) is 18.2 Å². The number of benzene rings is 1. The van der Waals surface area contributed by atoms with Gasteiger partial charge in [0.25, 0.3) is 0 Å². The minimum absolute atomic E-state index is 0.0576. The van der Waals surface area contributed by atoms with Crippen molar-refractivity contribution in [3.05, 3.63) is 30.3 Å². The number of nitrogens with one attached hydrogen (secondary N) is 1. The second-order valence-corrected chi connectivity index (χ2v) is 7.61. The molecule has 25 heavy (non-hydrogen) atoms. The van der Waals surface area contributed by atoms with Crippen LogP contribution in [0.2, 0.25) is 0 Å². The molecule has 1 amide bonds. The molecule has 1 aliphatic rings. The Bertz CT molecular complexity index is 694. The molecule has 10 heteroatoms. The summed E-state index contributed by atoms with van der Waals surface area (Å²) in [6, 6.07) is 6.67. The zero-order valence-electron chi connectivity index (χ0n) is 13.2. The molecular formula is C15H19F3N2O4S. The number of aliphatic hydroxyl groups is 1. The van der Waals surface area contributed by atoms with Gasteiger partial charge in [-0.1, -0.05) is 18.2 Å². The van der Waals surface area contributed by atoms with Crippen molar-refractivity contribution in [1.82, 2.24) is 9.62 Å². The lowest BCUT2D eigenvalue weighted by Crippen LogP contribution is -2.46. The minimum Gasteiger partial charge on any atom is -0.384 e. The maximum Gasteiger partial charge on any atom is 0.414 e. The van der Waals surface area contributed by atoms with Gasteiger partial charge in [0.15, 0.2) is 6.10 Å². The van der Waals surface area contributed by atoms with Gasteiger partial charge in [-0.3, -0.25) is 4.79 Å². The predicted molar refractivity (Wildman–Crippen MR) is 83.0 cm³/mol. The van der Waals surface area contributed by atoms with Crippen LogP contribution < -0.4 is 5.32 Å². The molecule has 1 heterocycles. The van der Waals surface area contributed by atoms with Crippen LogP contribution in [0.25, 0.3) is 0 Å². The highest BCUT2D eigenvalue weighted by molar-refractivity contribution is 7.89. The van der Waals surface area contributed by atoms with Crippen LogP contribution in [0.15, 0.2) is 35.2 Å². The molecule has 2 rings (SSSR count). The Labute approximate surface area is 143 Å². The summed E-state index contributed by atoms with van der Waals surface area (Å²) in [5.41, 5.74) is 0. The summed E-state index contributed by atoms with van der Waals surface area (Å²) >= 11 is 0. The van der Waals surface area contributed by atoms with Crippen molar-refractivity contribution in [2.75, 3.05) is 13.1 Å². The van der Waals surface area contributed by atoms with Crippen LogP contribution in [0.4, 0.5) is 13.2 Å². The van der Waals surface area contributed by atoms with Crippen LogP contribution in [0, 0.1) is 0 Å². The summed E-state index contributed by atoms with van der Waals surface area (Å²) in [7, 11) is -3.85. The normalized spacial score (nSPS) is 20.4. The van der Waals surface area contributed by atoms with E-state index in [1.165, 1.54) is 12.1 Å². The molecule has 1 aliphatic heterocycles. The summed E-state index contributed by atoms with van der Waals surface area (Å²) in [6.07, 6.45) is -7.19. The average Bonchev–Trinajstić information content (AvgIpc) is 3.05. The Hall–Kier alpha value is -1.65. The van der Waals surface area contributed by atoms with E-state index in [4.69, 9.17) is 5.11 Å². The lowest BCUT2D eigenvalue weighted by Gasteiger charge is -2.23. The number of carbonyl (C=O) groups excluding carboxylic acids is 1. The first kappa shape index (κ1) is 19.7. The fourth-order valence-corrected chi connectivity index (χ4v) is 4.31. The molecule has 1 aromatic carbocycles. The first-order valence-electron chi connectivity index (χ1n) is 7.73. The van der Waals surface area contributed by atoms with Gasteiger partial charge in [-0.2, -0.15) is 17.5 Å². The lowest BCUT2D eigenvalue weighted by molar-refractivity contribution is -0.205. The molecule has 0 spiro atoms. The summed E-state index contributed by atoms with van der Waals surface area (Å²) in [5.74, 6) is -0.661. The van der Waals surface area contributed by atoms with E-state index in [0.717, 1.165) is 4.31 Å². The third kappa shape index (κ3) is 4.71. The fraction of sp³-hybridized carbons (Fsp3) is 0.533. The first-order chi connectivity index (χ1) is 11.6. The van der Waals surface area contributed by atoms with Crippen molar-refractivity contribution in [3.8, 4) is 0 Å². The number of aliphatic hydroxyl groups excluding tert-OH is 1. The molecule has 1 fully saturated rings. The first-order valence-corrected chi connectivity index (χ1v) is 9.17. The number of halogens is 3. The third-order valence-corrected chi connectivity index (χ3v) is 5.87. The Morgan fingerprint density at radius 2 is 1.96 bits per heavy atom. The third-order valence-electron chi connectivity index (χ3n) is 3.95. The van der Waals surface area contributed by atoms with Gasteiger partial charge < -0.3 is 10.4 Å². The Morgan fingerprint density at radius 1 is 1.32 bits per heavy atom. The molecule has 0 radical (unpaired) electrons. The Kier molecular flexibility index (Phi) is 6.07. The summed E-state index contributed by atoms with van der Waals surface area (Å²) < 4.78 is 63.0. The van der Waals surface area contributed by atoms with E-state index in [1.807, 2.05) is 0 Å². The topological polar surface area (TPSA) is 86.7 Å². The molecule has 0 bridgehead atoms. The molecule has 6 nitrogen and oxygen atoms in total. The number of hydrogen-bond acceptors (Lipinski definition) is 4. The minimum atomic E-state index is -4.75. The van der Waals surface area contributed by atoms with Gasteiger partial charge >= 0.3 is 6.18 Å². The highest BCUT2D eigenvalue weighted by Gasteiger charge is 2.40. The average molecular weight is 380 g/mol. The number of alkyl halides is 3. The summed E-state index contributed by atoms with van der Waals surface area (Å²) in [4.78, 5) is 12.2. The second-order valence-electron chi connectivity index (χ2n) is 5.72. The van der Waals surface area contributed by atoms with E-state index < -0.39 is 47.2 Å². The van der Waals surface area contributed by atoms with Crippen molar-refractivity contribution in [3.63, 3.8) is 0 Å². The molecule has 140 valence electrons. The molecule has 1 saturated heterocycles. The predicted octanol–water partition coefficient (Wildman–Crippen LogP) is 1.27. The zero-order valence-corrected chi connectivity index (χ0v) is 14.1. The molecule has 0 saturated carbocycles. The number of amides is 1. The van der Waals surface area contributed by atoms with E-state index in [0.29, 0.717) is 12.8 Å². The molecule has 2 N–H and O–H groups in total. The molecule has 0 aromatic heterocycles. The van der Waals surface area contributed by atoms with Gasteiger partial charge in [-0.15, -0.1) is 0 Å². The van der Waals surface area contributed by atoms with Gasteiger partial charge in [-0.25, -0.2) is 8.42 Å². The van der Waals surface area contributed by atoms with Crippen LogP contribution in [0.5, 0.6) is 0 Å². The van der Waals surface area contributed by atoms with E-state index in [-0.39, 0.29) is 11.4 Å². The van der Waals surface area contributed by atoms with Gasteiger partial charge in [0.2, 0.25) is 15.9 Å². The number of hydrogen-bond donors (Lipinski definition) is 2. The van der Waals surface area contributed by atoms with Crippen LogP contribution in [-0.4, -0.2) is 55.1 Å². The van der Waals surface area contributed by atoms with Crippen molar-refractivity contribution < 1.29 is 31.5 Å². The maximum atomic E-state index is 12.6. The smallest absolute Gasteiger partial charge is 0.384 e.